The summed E-state index contributed by atoms with van der Waals surface area (Å²) in [5, 5.41) is 1.46. The molecule has 2 aromatic carbocycles. The molecule has 0 spiro atoms. The molecule has 0 radical (unpaired) electrons. The van der Waals surface area contributed by atoms with Crippen molar-refractivity contribution in [3.05, 3.63) is 52.7 Å². The van der Waals surface area contributed by atoms with Gasteiger partial charge in [-0.25, -0.2) is 0 Å². The summed E-state index contributed by atoms with van der Waals surface area (Å²) in [7, 11) is 0. The highest BCUT2D eigenvalue weighted by molar-refractivity contribution is 7.24. The van der Waals surface area contributed by atoms with Gasteiger partial charge in [0.25, 0.3) is 0 Å². The maximum Gasteiger partial charge on any atom is 0.196 e. The molecule has 0 aliphatic heterocycles. The quantitative estimate of drug-likeness (QED) is 0.538. The van der Waals surface area contributed by atoms with Crippen molar-refractivity contribution in [1.82, 2.24) is 0 Å². The maximum absolute atomic E-state index is 12.4. The van der Waals surface area contributed by atoms with E-state index < -0.39 is 0 Å². The van der Waals surface area contributed by atoms with Crippen molar-refractivity contribution < 1.29 is 4.74 Å². The Labute approximate surface area is 119 Å². The van der Waals surface area contributed by atoms with Gasteiger partial charge in [0.1, 0.15) is 12.4 Å². The van der Waals surface area contributed by atoms with Crippen molar-refractivity contribution in [2.45, 2.75) is 0 Å². The largest absolute Gasteiger partial charge is 0.491 e. The maximum atomic E-state index is 12.4. The summed E-state index contributed by atoms with van der Waals surface area (Å²) in [5.41, 5.74) is 0.0562. The number of fused-ring (bicyclic) bond motifs is 2. The molecule has 19 heavy (non-hydrogen) atoms. The summed E-state index contributed by atoms with van der Waals surface area (Å²) in [6.07, 6.45) is 0. The molecule has 0 amide bonds. The van der Waals surface area contributed by atoms with Crippen LogP contribution in [-0.2, 0) is 0 Å². The lowest BCUT2D eigenvalue weighted by atomic mass is 10.2. The Bertz CT molecular complexity index is 795. The SMILES string of the molecule is O=c1c2ccccc2sc2c(OCCCl)cccc12. The fraction of sp³-hybridized carbons (Fsp3) is 0.133. The van der Waals surface area contributed by atoms with Crippen molar-refractivity contribution in [3.8, 4) is 5.75 Å². The predicted molar refractivity (Wildman–Crippen MR) is 81.8 cm³/mol. The van der Waals surface area contributed by atoms with E-state index in [9.17, 15) is 4.79 Å². The van der Waals surface area contributed by atoms with Gasteiger partial charge in [-0.15, -0.1) is 22.9 Å². The zero-order valence-electron chi connectivity index (χ0n) is 10.1. The van der Waals surface area contributed by atoms with E-state index in [1.165, 1.54) is 0 Å². The van der Waals surface area contributed by atoms with Crippen molar-refractivity contribution in [2.75, 3.05) is 12.5 Å². The Balaban J connectivity index is 2.34. The summed E-state index contributed by atoms with van der Waals surface area (Å²) in [6, 6.07) is 13.2. The van der Waals surface area contributed by atoms with E-state index in [0.717, 1.165) is 20.5 Å². The van der Waals surface area contributed by atoms with Crippen molar-refractivity contribution in [3.63, 3.8) is 0 Å². The van der Waals surface area contributed by atoms with Crippen molar-refractivity contribution in [2.24, 2.45) is 0 Å². The number of hydrogen-bond acceptors (Lipinski definition) is 3. The molecule has 3 rings (SSSR count). The number of ether oxygens (including phenoxy) is 1. The minimum atomic E-state index is 0.0562. The van der Waals surface area contributed by atoms with Gasteiger partial charge in [0.15, 0.2) is 5.43 Å². The molecule has 1 aromatic heterocycles. The van der Waals surface area contributed by atoms with Crippen LogP contribution < -0.4 is 10.2 Å². The zero-order valence-corrected chi connectivity index (χ0v) is 11.6. The molecule has 3 aromatic rings. The standard InChI is InChI=1S/C15H11ClO2S/c16-8-9-18-12-6-3-5-11-14(17)10-4-1-2-7-13(10)19-15(11)12/h1-7H,8-9H2. The Morgan fingerprint density at radius 2 is 1.84 bits per heavy atom. The third kappa shape index (κ3) is 2.20. The van der Waals surface area contributed by atoms with Crippen LogP contribution in [-0.4, -0.2) is 12.5 Å². The first-order chi connectivity index (χ1) is 9.31. The van der Waals surface area contributed by atoms with Gasteiger partial charge in [-0.2, -0.15) is 0 Å². The number of halogens is 1. The summed E-state index contributed by atoms with van der Waals surface area (Å²) in [6.45, 7) is 0.439. The second-order valence-corrected chi connectivity index (χ2v) is 5.53. The molecular formula is C15H11ClO2S. The summed E-state index contributed by atoms with van der Waals surface area (Å²) >= 11 is 7.22. The van der Waals surface area contributed by atoms with Crippen LogP contribution in [0.15, 0.2) is 47.3 Å². The molecule has 4 heteroatoms. The number of hydrogen-bond donors (Lipinski definition) is 0. The molecule has 96 valence electrons. The Morgan fingerprint density at radius 3 is 2.68 bits per heavy atom. The Morgan fingerprint density at radius 1 is 1.05 bits per heavy atom. The zero-order chi connectivity index (χ0) is 13.2. The average Bonchev–Trinajstić information content (AvgIpc) is 2.46. The van der Waals surface area contributed by atoms with Gasteiger partial charge in [-0.1, -0.05) is 18.2 Å². The van der Waals surface area contributed by atoms with Gasteiger partial charge in [-0.3, -0.25) is 4.79 Å². The molecule has 0 N–H and O–H groups in total. The minimum Gasteiger partial charge on any atom is -0.491 e. The molecule has 2 nitrogen and oxygen atoms in total. The number of alkyl halides is 1. The van der Waals surface area contributed by atoms with Crippen LogP contribution in [0.5, 0.6) is 5.75 Å². The molecule has 0 aliphatic rings. The van der Waals surface area contributed by atoms with Crippen LogP contribution in [0.3, 0.4) is 0 Å². The highest BCUT2D eigenvalue weighted by Crippen LogP contribution is 2.31. The van der Waals surface area contributed by atoms with Crippen molar-refractivity contribution >= 4 is 43.1 Å². The van der Waals surface area contributed by atoms with Crippen LogP contribution in [0, 0.1) is 0 Å². The first-order valence-electron chi connectivity index (χ1n) is 5.94. The fourth-order valence-electron chi connectivity index (χ4n) is 2.06. The van der Waals surface area contributed by atoms with E-state index in [0.29, 0.717) is 17.9 Å². The lowest BCUT2D eigenvalue weighted by Gasteiger charge is -2.08. The van der Waals surface area contributed by atoms with Crippen molar-refractivity contribution in [1.29, 1.82) is 0 Å². The molecule has 0 saturated carbocycles. The van der Waals surface area contributed by atoms with Gasteiger partial charge in [0.05, 0.1) is 10.6 Å². The van der Waals surface area contributed by atoms with Gasteiger partial charge in [0, 0.05) is 15.5 Å². The molecule has 0 fully saturated rings. The third-order valence-electron chi connectivity index (χ3n) is 2.90. The molecule has 0 unspecified atom stereocenters. The smallest absolute Gasteiger partial charge is 0.196 e. The molecular weight excluding hydrogens is 280 g/mol. The minimum absolute atomic E-state index is 0.0562. The van der Waals surface area contributed by atoms with Gasteiger partial charge in [0.2, 0.25) is 0 Å². The van der Waals surface area contributed by atoms with E-state index in [1.807, 2.05) is 42.5 Å². The highest BCUT2D eigenvalue weighted by atomic mass is 35.5. The lowest BCUT2D eigenvalue weighted by Crippen LogP contribution is -2.03. The molecule has 0 aliphatic carbocycles. The van der Waals surface area contributed by atoms with Crippen LogP contribution in [0.1, 0.15) is 0 Å². The lowest BCUT2D eigenvalue weighted by molar-refractivity contribution is 0.347. The third-order valence-corrected chi connectivity index (χ3v) is 4.26. The topological polar surface area (TPSA) is 26.3 Å². The fourth-order valence-corrected chi connectivity index (χ4v) is 3.27. The van der Waals surface area contributed by atoms with E-state index in [2.05, 4.69) is 0 Å². The first kappa shape index (κ1) is 12.5. The summed E-state index contributed by atoms with van der Waals surface area (Å²) in [4.78, 5) is 12.4. The molecule has 0 atom stereocenters. The van der Waals surface area contributed by atoms with E-state index >= 15 is 0 Å². The van der Waals surface area contributed by atoms with E-state index in [1.54, 1.807) is 11.3 Å². The monoisotopic (exact) mass is 290 g/mol. The number of rotatable bonds is 3. The van der Waals surface area contributed by atoms with Crippen LogP contribution in [0.2, 0.25) is 0 Å². The molecule has 0 bridgehead atoms. The Kier molecular flexibility index (Phi) is 3.40. The van der Waals surface area contributed by atoms with E-state index in [4.69, 9.17) is 16.3 Å². The van der Waals surface area contributed by atoms with Gasteiger partial charge >= 0.3 is 0 Å². The average molecular weight is 291 g/mol. The first-order valence-corrected chi connectivity index (χ1v) is 7.29. The Hall–Kier alpha value is -1.58. The van der Waals surface area contributed by atoms with Crippen LogP contribution in [0.25, 0.3) is 20.2 Å². The van der Waals surface area contributed by atoms with Crippen LogP contribution >= 0.6 is 22.9 Å². The number of benzene rings is 2. The molecule has 0 saturated heterocycles. The second-order valence-electron chi connectivity index (χ2n) is 4.10. The van der Waals surface area contributed by atoms with Gasteiger partial charge in [-0.05, 0) is 24.3 Å². The van der Waals surface area contributed by atoms with Gasteiger partial charge < -0.3 is 4.74 Å². The summed E-state index contributed by atoms with van der Waals surface area (Å²) in [5.74, 6) is 1.16. The predicted octanol–water partition coefficient (Wildman–Crippen LogP) is 4.03. The van der Waals surface area contributed by atoms with E-state index in [-0.39, 0.29) is 5.43 Å². The molecule has 1 heterocycles. The summed E-state index contributed by atoms with van der Waals surface area (Å²) < 4.78 is 7.47. The van der Waals surface area contributed by atoms with Crippen LogP contribution in [0.4, 0.5) is 0 Å². The normalized spacial score (nSPS) is 11.0. The second kappa shape index (κ2) is 5.19. The highest BCUT2D eigenvalue weighted by Gasteiger charge is 2.09.